The van der Waals surface area contributed by atoms with Crippen LogP contribution in [0.25, 0.3) is 0 Å². The summed E-state index contributed by atoms with van der Waals surface area (Å²) >= 11 is 0. The molecule has 0 saturated carbocycles. The Kier molecular flexibility index (Phi) is 5.85. The van der Waals surface area contributed by atoms with Gasteiger partial charge in [-0.1, -0.05) is 42.5 Å². The number of allylic oxidation sites excluding steroid dienone is 2. The number of Topliss-reactive ketones (excluding diaryl/α,β-unsaturated/α-hetero) is 1. The van der Waals surface area contributed by atoms with Crippen molar-refractivity contribution in [1.82, 2.24) is 0 Å². The lowest BCUT2D eigenvalue weighted by molar-refractivity contribution is -0.141. The predicted molar refractivity (Wildman–Crippen MR) is 70.3 cm³/mol. The molecule has 96 valence electrons. The van der Waals surface area contributed by atoms with Crippen LogP contribution >= 0.6 is 0 Å². The van der Waals surface area contributed by atoms with Crippen LogP contribution in [0, 0.1) is 5.92 Å². The predicted octanol–water partition coefficient (Wildman–Crippen LogP) is 3.01. The second-order valence-electron chi connectivity index (χ2n) is 4.06. The Morgan fingerprint density at radius 2 is 1.89 bits per heavy atom. The van der Waals surface area contributed by atoms with Gasteiger partial charge < -0.3 is 4.74 Å². The highest BCUT2D eigenvalue weighted by Gasteiger charge is 2.16. The fourth-order valence-corrected chi connectivity index (χ4v) is 1.76. The van der Waals surface area contributed by atoms with E-state index in [9.17, 15) is 9.59 Å². The molecule has 0 aliphatic heterocycles. The molecule has 1 aromatic carbocycles. The molecule has 1 rings (SSSR count). The van der Waals surface area contributed by atoms with Gasteiger partial charge in [-0.3, -0.25) is 9.59 Å². The van der Waals surface area contributed by atoms with Gasteiger partial charge in [-0.2, -0.15) is 0 Å². The molecular formula is C15H18O3. The molecule has 18 heavy (non-hydrogen) atoms. The molecule has 0 heterocycles. The van der Waals surface area contributed by atoms with E-state index < -0.39 is 0 Å². The first kappa shape index (κ1) is 14.2. The van der Waals surface area contributed by atoms with Crippen molar-refractivity contribution in [3.05, 3.63) is 48.0 Å². The number of hydrogen-bond acceptors (Lipinski definition) is 3. The third-order valence-electron chi connectivity index (χ3n) is 2.66. The second kappa shape index (κ2) is 7.43. The molecule has 1 atom stereocenters. The molecule has 0 unspecified atom stereocenters. The first-order valence-electron chi connectivity index (χ1n) is 5.95. The van der Waals surface area contributed by atoms with Crippen LogP contribution in [-0.2, 0) is 9.53 Å². The van der Waals surface area contributed by atoms with E-state index in [0.29, 0.717) is 12.0 Å². The van der Waals surface area contributed by atoms with E-state index in [1.54, 1.807) is 12.1 Å². The number of rotatable bonds is 6. The lowest BCUT2D eigenvalue weighted by atomic mass is 9.95. The number of benzene rings is 1. The van der Waals surface area contributed by atoms with Crippen molar-refractivity contribution < 1.29 is 14.3 Å². The van der Waals surface area contributed by atoms with Gasteiger partial charge in [-0.15, -0.1) is 0 Å². The zero-order valence-electron chi connectivity index (χ0n) is 10.8. The summed E-state index contributed by atoms with van der Waals surface area (Å²) in [5, 5.41) is 0. The summed E-state index contributed by atoms with van der Waals surface area (Å²) in [4.78, 5) is 23.3. The monoisotopic (exact) mass is 246 g/mol. The van der Waals surface area contributed by atoms with Gasteiger partial charge >= 0.3 is 5.97 Å². The highest BCUT2D eigenvalue weighted by atomic mass is 16.5. The molecule has 3 heteroatoms. The summed E-state index contributed by atoms with van der Waals surface area (Å²) in [6, 6.07) is 9.10. The van der Waals surface area contributed by atoms with Gasteiger partial charge in [0.15, 0.2) is 5.78 Å². The second-order valence-corrected chi connectivity index (χ2v) is 4.06. The Labute approximate surface area is 107 Å². The molecule has 0 fully saturated rings. The molecule has 0 bridgehead atoms. The average Bonchev–Trinajstić information content (AvgIpc) is 2.39. The van der Waals surface area contributed by atoms with E-state index in [4.69, 9.17) is 0 Å². The van der Waals surface area contributed by atoms with Crippen LogP contribution in [0.4, 0.5) is 0 Å². The molecule has 0 aromatic heterocycles. The number of carbonyl (C=O) groups excluding carboxylic acids is 2. The van der Waals surface area contributed by atoms with E-state index in [1.165, 1.54) is 7.11 Å². The molecule has 0 radical (unpaired) electrons. The third kappa shape index (κ3) is 4.53. The Morgan fingerprint density at radius 1 is 1.22 bits per heavy atom. The molecular weight excluding hydrogens is 228 g/mol. The summed E-state index contributed by atoms with van der Waals surface area (Å²) in [5.74, 6) is -0.350. The van der Waals surface area contributed by atoms with Crippen molar-refractivity contribution in [2.75, 3.05) is 7.11 Å². The molecule has 0 saturated heterocycles. The first-order chi connectivity index (χ1) is 8.67. The Morgan fingerprint density at radius 3 is 2.44 bits per heavy atom. The summed E-state index contributed by atoms with van der Waals surface area (Å²) in [5.41, 5.74) is 0.678. The van der Waals surface area contributed by atoms with Crippen LogP contribution in [0.2, 0.25) is 0 Å². The maximum absolute atomic E-state index is 12.0. The van der Waals surface area contributed by atoms with Gasteiger partial charge in [0.2, 0.25) is 0 Å². The van der Waals surface area contributed by atoms with Crippen molar-refractivity contribution in [2.24, 2.45) is 5.92 Å². The number of carbonyl (C=O) groups is 2. The molecule has 0 N–H and O–H groups in total. The normalized spacial score (nSPS) is 12.3. The number of methoxy groups -OCH3 is 1. The Balaban J connectivity index is 2.66. The third-order valence-corrected chi connectivity index (χ3v) is 2.66. The van der Waals surface area contributed by atoms with Crippen LogP contribution in [-0.4, -0.2) is 18.9 Å². The average molecular weight is 246 g/mol. The van der Waals surface area contributed by atoms with Gasteiger partial charge in [0, 0.05) is 12.0 Å². The summed E-state index contributed by atoms with van der Waals surface area (Å²) in [7, 11) is 1.36. The van der Waals surface area contributed by atoms with Crippen molar-refractivity contribution in [2.45, 2.75) is 19.8 Å². The number of esters is 1. The summed E-state index contributed by atoms with van der Waals surface area (Å²) in [6.07, 6.45) is 4.28. The Hall–Kier alpha value is -1.90. The van der Waals surface area contributed by atoms with Crippen molar-refractivity contribution >= 4 is 11.8 Å². The van der Waals surface area contributed by atoms with Crippen LogP contribution in [0.3, 0.4) is 0 Å². The molecule has 0 aliphatic rings. The zero-order valence-corrected chi connectivity index (χ0v) is 10.8. The lowest BCUT2D eigenvalue weighted by Gasteiger charge is -2.10. The van der Waals surface area contributed by atoms with E-state index in [0.717, 1.165) is 0 Å². The fourth-order valence-electron chi connectivity index (χ4n) is 1.76. The maximum atomic E-state index is 12.0. The van der Waals surface area contributed by atoms with Crippen LogP contribution in [0.1, 0.15) is 30.1 Å². The van der Waals surface area contributed by atoms with Crippen LogP contribution in [0.5, 0.6) is 0 Å². The topological polar surface area (TPSA) is 43.4 Å². The maximum Gasteiger partial charge on any atom is 0.306 e. The largest absolute Gasteiger partial charge is 0.469 e. The molecule has 1 aromatic rings. The summed E-state index contributed by atoms with van der Waals surface area (Å²) in [6.45, 7) is 1.87. The standard InChI is InChI=1S/C15H18O3/c1-3-7-12(11-15(17)18-2)10-14(16)13-8-5-4-6-9-13/h3-9,12H,10-11H2,1-2H3/b7-3+/t12-/m0/s1. The van der Waals surface area contributed by atoms with Crippen LogP contribution < -0.4 is 0 Å². The lowest BCUT2D eigenvalue weighted by Crippen LogP contribution is -2.12. The molecule has 0 aliphatic carbocycles. The van der Waals surface area contributed by atoms with E-state index in [-0.39, 0.29) is 24.1 Å². The van der Waals surface area contributed by atoms with Crippen molar-refractivity contribution in [3.8, 4) is 0 Å². The van der Waals surface area contributed by atoms with Gasteiger partial charge in [0.05, 0.1) is 13.5 Å². The minimum Gasteiger partial charge on any atom is -0.469 e. The SMILES string of the molecule is C/C=C/[C@H](CC(=O)OC)CC(=O)c1ccccc1. The van der Waals surface area contributed by atoms with Crippen molar-refractivity contribution in [3.63, 3.8) is 0 Å². The summed E-state index contributed by atoms with van der Waals surface area (Å²) < 4.78 is 4.63. The fraction of sp³-hybridized carbons (Fsp3) is 0.333. The van der Waals surface area contributed by atoms with E-state index >= 15 is 0 Å². The number of ether oxygens (including phenoxy) is 1. The van der Waals surface area contributed by atoms with Gasteiger partial charge in [-0.05, 0) is 12.8 Å². The highest BCUT2D eigenvalue weighted by molar-refractivity contribution is 5.96. The van der Waals surface area contributed by atoms with Gasteiger partial charge in [0.1, 0.15) is 0 Å². The Bertz CT molecular complexity index is 421. The molecule has 3 nitrogen and oxygen atoms in total. The highest BCUT2D eigenvalue weighted by Crippen LogP contribution is 2.15. The van der Waals surface area contributed by atoms with Crippen LogP contribution in [0.15, 0.2) is 42.5 Å². The molecule has 0 spiro atoms. The van der Waals surface area contributed by atoms with E-state index in [2.05, 4.69) is 4.74 Å². The minimum atomic E-state index is -0.293. The smallest absolute Gasteiger partial charge is 0.306 e. The quantitative estimate of drug-likeness (QED) is 0.440. The van der Waals surface area contributed by atoms with Crippen molar-refractivity contribution in [1.29, 1.82) is 0 Å². The minimum absolute atomic E-state index is 0.0441. The molecule has 0 amide bonds. The first-order valence-corrected chi connectivity index (χ1v) is 5.95. The number of hydrogen-bond donors (Lipinski definition) is 0. The van der Waals surface area contributed by atoms with E-state index in [1.807, 2.05) is 37.3 Å². The van der Waals surface area contributed by atoms with Gasteiger partial charge in [-0.25, -0.2) is 0 Å². The number of ketones is 1. The van der Waals surface area contributed by atoms with Gasteiger partial charge in [0.25, 0.3) is 0 Å². The zero-order chi connectivity index (χ0) is 13.4.